The van der Waals surface area contributed by atoms with Gasteiger partial charge in [-0.25, -0.2) is 9.78 Å². The van der Waals surface area contributed by atoms with Crippen molar-refractivity contribution in [1.82, 2.24) is 4.98 Å². The SMILES string of the molecule is COc1cc(Nc2ccc([N+](=O)[O-])cn2)ccc1C(=O)O. The number of carboxylic acids is 1. The van der Waals surface area contributed by atoms with Crippen LogP contribution in [0.25, 0.3) is 0 Å². The number of nitrogens with one attached hydrogen (secondary N) is 1. The van der Waals surface area contributed by atoms with Crippen LogP contribution in [0, 0.1) is 10.1 Å². The molecule has 0 saturated heterocycles. The van der Waals surface area contributed by atoms with Crippen molar-refractivity contribution < 1.29 is 19.6 Å². The summed E-state index contributed by atoms with van der Waals surface area (Å²) in [4.78, 5) is 24.9. The van der Waals surface area contributed by atoms with Gasteiger partial charge in [-0.1, -0.05) is 0 Å². The number of carbonyl (C=O) groups is 1. The number of pyridine rings is 1. The molecule has 0 saturated carbocycles. The van der Waals surface area contributed by atoms with Crippen LogP contribution in [0.2, 0.25) is 0 Å². The zero-order valence-corrected chi connectivity index (χ0v) is 10.9. The second kappa shape index (κ2) is 5.87. The third-order valence-electron chi connectivity index (χ3n) is 2.66. The minimum atomic E-state index is -1.09. The van der Waals surface area contributed by atoms with Crippen LogP contribution in [0.4, 0.5) is 17.2 Å². The Hall–Kier alpha value is -3.16. The van der Waals surface area contributed by atoms with E-state index in [0.29, 0.717) is 11.5 Å². The van der Waals surface area contributed by atoms with E-state index in [4.69, 9.17) is 9.84 Å². The van der Waals surface area contributed by atoms with Crippen LogP contribution in [-0.2, 0) is 0 Å². The van der Waals surface area contributed by atoms with E-state index in [1.807, 2.05) is 0 Å². The molecule has 0 amide bonds. The number of nitro groups is 1. The van der Waals surface area contributed by atoms with Crippen LogP contribution < -0.4 is 10.1 Å². The van der Waals surface area contributed by atoms with Gasteiger partial charge >= 0.3 is 5.97 Å². The van der Waals surface area contributed by atoms with Gasteiger partial charge in [0.25, 0.3) is 5.69 Å². The van der Waals surface area contributed by atoms with Gasteiger partial charge in [-0.05, 0) is 18.2 Å². The fourth-order valence-electron chi connectivity index (χ4n) is 1.66. The summed E-state index contributed by atoms with van der Waals surface area (Å²) in [6.07, 6.45) is 1.13. The van der Waals surface area contributed by atoms with Crippen molar-refractivity contribution in [2.45, 2.75) is 0 Å². The number of carboxylic acid groups (broad SMARTS) is 1. The molecule has 2 aromatic rings. The summed E-state index contributed by atoms with van der Waals surface area (Å²) < 4.78 is 5.01. The summed E-state index contributed by atoms with van der Waals surface area (Å²) in [5.74, 6) is -0.494. The number of nitrogens with zero attached hydrogens (tertiary/aromatic N) is 2. The second-order valence-electron chi connectivity index (χ2n) is 4.00. The van der Waals surface area contributed by atoms with Crippen molar-refractivity contribution in [3.05, 3.63) is 52.2 Å². The van der Waals surface area contributed by atoms with Gasteiger partial charge < -0.3 is 15.2 Å². The maximum Gasteiger partial charge on any atom is 0.339 e. The molecule has 8 heteroatoms. The highest BCUT2D eigenvalue weighted by Crippen LogP contribution is 2.25. The van der Waals surface area contributed by atoms with Crippen LogP contribution in [-0.4, -0.2) is 28.1 Å². The number of anilines is 2. The predicted octanol–water partition coefficient (Wildman–Crippen LogP) is 2.44. The van der Waals surface area contributed by atoms with Crippen molar-refractivity contribution in [1.29, 1.82) is 0 Å². The van der Waals surface area contributed by atoms with Crippen LogP contribution >= 0.6 is 0 Å². The lowest BCUT2D eigenvalue weighted by molar-refractivity contribution is -0.385. The van der Waals surface area contributed by atoms with Gasteiger partial charge in [0.2, 0.25) is 0 Å². The molecule has 21 heavy (non-hydrogen) atoms. The first-order valence-electron chi connectivity index (χ1n) is 5.80. The minimum absolute atomic E-state index is 0.0414. The van der Waals surface area contributed by atoms with E-state index in [-0.39, 0.29) is 17.0 Å². The maximum absolute atomic E-state index is 11.0. The minimum Gasteiger partial charge on any atom is -0.496 e. The lowest BCUT2D eigenvalue weighted by atomic mass is 10.2. The fraction of sp³-hybridized carbons (Fsp3) is 0.0769. The van der Waals surface area contributed by atoms with E-state index >= 15 is 0 Å². The molecule has 1 aromatic heterocycles. The Labute approximate surface area is 119 Å². The topological polar surface area (TPSA) is 115 Å². The first-order valence-corrected chi connectivity index (χ1v) is 5.80. The van der Waals surface area contributed by atoms with E-state index in [9.17, 15) is 14.9 Å². The van der Waals surface area contributed by atoms with Crippen LogP contribution in [0.3, 0.4) is 0 Å². The monoisotopic (exact) mass is 289 g/mol. The summed E-state index contributed by atoms with van der Waals surface area (Å²) in [5, 5.41) is 22.4. The number of aromatic nitrogens is 1. The Morgan fingerprint density at radius 2 is 2.14 bits per heavy atom. The molecule has 1 aromatic carbocycles. The van der Waals surface area contributed by atoms with Gasteiger partial charge in [-0.2, -0.15) is 0 Å². The molecular formula is C13H11N3O5. The van der Waals surface area contributed by atoms with Crippen molar-refractivity contribution in [3.63, 3.8) is 0 Å². The molecule has 2 N–H and O–H groups in total. The highest BCUT2D eigenvalue weighted by molar-refractivity contribution is 5.91. The molecular weight excluding hydrogens is 278 g/mol. The predicted molar refractivity (Wildman–Crippen MR) is 74.1 cm³/mol. The lowest BCUT2D eigenvalue weighted by Crippen LogP contribution is -2.02. The lowest BCUT2D eigenvalue weighted by Gasteiger charge is -2.09. The first-order chi connectivity index (χ1) is 10.0. The average Bonchev–Trinajstić information content (AvgIpc) is 2.47. The second-order valence-corrected chi connectivity index (χ2v) is 4.00. The molecule has 0 aliphatic carbocycles. The van der Waals surface area contributed by atoms with Crippen molar-refractivity contribution in [3.8, 4) is 5.75 Å². The van der Waals surface area contributed by atoms with Gasteiger partial charge in [-0.15, -0.1) is 0 Å². The molecule has 0 aliphatic heterocycles. The normalized spacial score (nSPS) is 9.95. The molecule has 108 valence electrons. The Balaban J connectivity index is 2.23. The average molecular weight is 289 g/mol. The Bertz CT molecular complexity index is 685. The summed E-state index contributed by atoms with van der Waals surface area (Å²) in [7, 11) is 1.37. The Morgan fingerprint density at radius 1 is 1.38 bits per heavy atom. The summed E-state index contributed by atoms with van der Waals surface area (Å²) in [6.45, 7) is 0. The maximum atomic E-state index is 11.0. The van der Waals surface area contributed by atoms with E-state index in [1.165, 1.54) is 31.4 Å². The summed E-state index contributed by atoms with van der Waals surface area (Å²) in [5.41, 5.74) is 0.484. The molecule has 0 fully saturated rings. The van der Waals surface area contributed by atoms with Gasteiger partial charge in [0.1, 0.15) is 23.3 Å². The van der Waals surface area contributed by atoms with E-state index in [0.717, 1.165) is 6.20 Å². The molecule has 2 rings (SSSR count). The highest BCUT2D eigenvalue weighted by Gasteiger charge is 2.12. The summed E-state index contributed by atoms with van der Waals surface area (Å²) in [6, 6.07) is 7.23. The van der Waals surface area contributed by atoms with Gasteiger partial charge in [-0.3, -0.25) is 10.1 Å². The standard InChI is InChI=1S/C13H11N3O5/c1-21-11-6-8(2-4-10(11)13(17)18)15-12-5-3-9(7-14-12)16(19)20/h2-7H,1H3,(H,14,15)(H,17,18). The molecule has 0 bridgehead atoms. The molecule has 0 spiro atoms. The molecule has 0 radical (unpaired) electrons. The molecule has 8 nitrogen and oxygen atoms in total. The number of ether oxygens (including phenoxy) is 1. The number of benzene rings is 1. The van der Waals surface area contributed by atoms with Crippen molar-refractivity contribution in [2.24, 2.45) is 0 Å². The zero-order chi connectivity index (χ0) is 15.4. The zero-order valence-electron chi connectivity index (χ0n) is 10.9. The number of hydrogen-bond donors (Lipinski definition) is 2. The van der Waals surface area contributed by atoms with Gasteiger partial charge in [0, 0.05) is 17.8 Å². The van der Waals surface area contributed by atoms with E-state index in [1.54, 1.807) is 6.07 Å². The van der Waals surface area contributed by atoms with Gasteiger partial charge in [0.15, 0.2) is 0 Å². The first kappa shape index (κ1) is 14.3. The van der Waals surface area contributed by atoms with Gasteiger partial charge in [0.05, 0.1) is 12.0 Å². The molecule has 0 unspecified atom stereocenters. The van der Waals surface area contributed by atoms with Crippen LogP contribution in [0.1, 0.15) is 10.4 Å². The molecule has 0 aliphatic rings. The van der Waals surface area contributed by atoms with Crippen LogP contribution in [0.5, 0.6) is 5.75 Å². The number of methoxy groups -OCH3 is 1. The highest BCUT2D eigenvalue weighted by atomic mass is 16.6. The summed E-state index contributed by atoms with van der Waals surface area (Å²) >= 11 is 0. The number of rotatable bonds is 5. The van der Waals surface area contributed by atoms with Crippen LogP contribution in [0.15, 0.2) is 36.5 Å². The quantitative estimate of drug-likeness (QED) is 0.641. The molecule has 1 heterocycles. The van der Waals surface area contributed by atoms with E-state index < -0.39 is 10.9 Å². The number of aromatic carboxylic acids is 1. The number of hydrogen-bond acceptors (Lipinski definition) is 6. The Morgan fingerprint density at radius 3 is 2.67 bits per heavy atom. The fourth-order valence-corrected chi connectivity index (χ4v) is 1.66. The third-order valence-corrected chi connectivity index (χ3v) is 2.66. The Kier molecular flexibility index (Phi) is 3.98. The van der Waals surface area contributed by atoms with Crippen molar-refractivity contribution >= 4 is 23.2 Å². The largest absolute Gasteiger partial charge is 0.496 e. The van der Waals surface area contributed by atoms with E-state index in [2.05, 4.69) is 10.3 Å². The third kappa shape index (κ3) is 3.24. The smallest absolute Gasteiger partial charge is 0.339 e. The van der Waals surface area contributed by atoms with Crippen molar-refractivity contribution in [2.75, 3.05) is 12.4 Å². The molecule has 0 atom stereocenters.